The van der Waals surface area contributed by atoms with Gasteiger partial charge in [-0.25, -0.2) is 4.98 Å². The van der Waals surface area contributed by atoms with Crippen molar-refractivity contribution in [2.24, 2.45) is 0 Å². The van der Waals surface area contributed by atoms with Gasteiger partial charge in [-0.3, -0.25) is 4.79 Å². The first-order chi connectivity index (χ1) is 7.74. The van der Waals surface area contributed by atoms with Crippen molar-refractivity contribution in [2.75, 3.05) is 0 Å². The molecule has 0 saturated carbocycles. The second kappa shape index (κ2) is 3.38. The molecule has 0 radical (unpaired) electrons. The van der Waals surface area contributed by atoms with E-state index in [1.165, 1.54) is 0 Å². The van der Waals surface area contributed by atoms with Crippen molar-refractivity contribution >= 4 is 34.1 Å². The number of hydrogen-bond acceptors (Lipinski definition) is 3. The van der Waals surface area contributed by atoms with Crippen LogP contribution in [0.2, 0.25) is 0 Å². The van der Waals surface area contributed by atoms with Crippen molar-refractivity contribution in [3.05, 3.63) is 30.1 Å². The van der Waals surface area contributed by atoms with Crippen molar-refractivity contribution in [1.29, 1.82) is 0 Å². The highest BCUT2D eigenvalue weighted by Crippen LogP contribution is 2.24. The zero-order valence-electron chi connectivity index (χ0n) is 8.36. The monoisotopic (exact) mass is 231 g/mol. The third-order valence-electron chi connectivity index (χ3n) is 2.71. The summed E-state index contributed by atoms with van der Waals surface area (Å²) < 4.78 is 0. The molecule has 5 heteroatoms. The van der Waals surface area contributed by atoms with E-state index in [9.17, 15) is 4.79 Å². The van der Waals surface area contributed by atoms with Crippen molar-refractivity contribution < 1.29 is 4.79 Å². The predicted molar refractivity (Wildman–Crippen MR) is 64.2 cm³/mol. The topological polar surface area (TPSA) is 57.8 Å². The molecule has 0 aliphatic carbocycles. The van der Waals surface area contributed by atoms with Gasteiger partial charge in [-0.1, -0.05) is 24.4 Å². The third kappa shape index (κ3) is 1.40. The maximum Gasteiger partial charge on any atom is 0.225 e. The summed E-state index contributed by atoms with van der Waals surface area (Å²) in [5.41, 5.74) is 1.87. The summed E-state index contributed by atoms with van der Waals surface area (Å²) in [6.07, 6.45) is 0.388. The maximum absolute atomic E-state index is 11.2. The minimum atomic E-state index is -0.102. The summed E-state index contributed by atoms with van der Waals surface area (Å²) in [4.78, 5) is 19.4. The molecule has 0 bridgehead atoms. The fraction of sp³-hybridized carbons (Fsp3) is 0.182. The first-order valence-corrected chi connectivity index (χ1v) is 5.43. The Morgan fingerprint density at radius 2 is 2.19 bits per heavy atom. The number of para-hydroxylation sites is 2. The van der Waals surface area contributed by atoms with E-state index in [1.54, 1.807) is 0 Å². The lowest BCUT2D eigenvalue weighted by atomic mass is 10.1. The van der Waals surface area contributed by atoms with E-state index >= 15 is 0 Å². The molecule has 1 unspecified atom stereocenters. The molecule has 16 heavy (non-hydrogen) atoms. The Bertz CT molecular complexity index is 557. The van der Waals surface area contributed by atoms with Crippen LogP contribution in [0.5, 0.6) is 0 Å². The molecule has 2 heterocycles. The fourth-order valence-corrected chi connectivity index (χ4v) is 2.22. The molecule has 1 atom stereocenters. The van der Waals surface area contributed by atoms with E-state index in [2.05, 4.69) is 15.3 Å². The van der Waals surface area contributed by atoms with Gasteiger partial charge in [0.2, 0.25) is 5.91 Å². The Hall–Kier alpha value is -1.75. The standard InChI is InChI=1S/C11H9N3OS/c15-9-5-6(11(16)14-9)10-12-7-3-1-2-4-8(7)13-10/h1-4,6H,5H2,(H,12,13)(H,14,15,16). The second-order valence-corrected chi connectivity index (χ2v) is 4.25. The van der Waals surface area contributed by atoms with Gasteiger partial charge in [0, 0.05) is 6.42 Å². The Morgan fingerprint density at radius 3 is 2.88 bits per heavy atom. The van der Waals surface area contributed by atoms with E-state index in [0.29, 0.717) is 11.4 Å². The minimum absolute atomic E-state index is 0.0320. The van der Waals surface area contributed by atoms with Crippen molar-refractivity contribution in [3.63, 3.8) is 0 Å². The number of rotatable bonds is 1. The van der Waals surface area contributed by atoms with Crippen LogP contribution < -0.4 is 5.32 Å². The highest BCUT2D eigenvalue weighted by molar-refractivity contribution is 7.80. The Kier molecular flexibility index (Phi) is 2.00. The maximum atomic E-state index is 11.2. The number of carbonyl (C=O) groups excluding carboxylic acids is 1. The van der Waals surface area contributed by atoms with Crippen LogP contribution in [0, 0.1) is 0 Å². The van der Waals surface area contributed by atoms with E-state index < -0.39 is 0 Å². The van der Waals surface area contributed by atoms with Gasteiger partial charge < -0.3 is 10.3 Å². The van der Waals surface area contributed by atoms with E-state index in [0.717, 1.165) is 16.9 Å². The molecule has 1 saturated heterocycles. The highest BCUT2D eigenvalue weighted by atomic mass is 32.1. The molecule has 1 amide bonds. The van der Waals surface area contributed by atoms with Gasteiger partial charge in [0.05, 0.1) is 21.9 Å². The molecule has 1 aliphatic rings. The van der Waals surface area contributed by atoms with Gasteiger partial charge in [0.25, 0.3) is 0 Å². The molecule has 3 rings (SSSR count). The van der Waals surface area contributed by atoms with Gasteiger partial charge in [0.15, 0.2) is 0 Å². The number of imidazole rings is 1. The average molecular weight is 231 g/mol. The number of amides is 1. The van der Waals surface area contributed by atoms with Crippen LogP contribution in [0.15, 0.2) is 24.3 Å². The molecule has 4 nitrogen and oxygen atoms in total. The van der Waals surface area contributed by atoms with Gasteiger partial charge in [-0.05, 0) is 12.1 Å². The van der Waals surface area contributed by atoms with Crippen LogP contribution in [0.25, 0.3) is 11.0 Å². The number of H-pyrrole nitrogens is 1. The van der Waals surface area contributed by atoms with Crippen LogP contribution in [0.1, 0.15) is 18.2 Å². The molecule has 1 aromatic carbocycles. The number of benzene rings is 1. The SMILES string of the molecule is O=C1CC(c2nc3ccccc3[nH]2)C(=S)N1. The van der Waals surface area contributed by atoms with Crippen molar-refractivity contribution in [2.45, 2.75) is 12.3 Å². The average Bonchev–Trinajstić information content (AvgIpc) is 2.81. The lowest BCUT2D eigenvalue weighted by Crippen LogP contribution is -2.19. The molecule has 2 N–H and O–H groups in total. The van der Waals surface area contributed by atoms with Crippen molar-refractivity contribution in [3.8, 4) is 0 Å². The smallest absolute Gasteiger partial charge is 0.225 e. The molecule has 1 aromatic heterocycles. The number of nitrogens with one attached hydrogen (secondary N) is 2. The van der Waals surface area contributed by atoms with E-state index in [4.69, 9.17) is 12.2 Å². The summed E-state index contributed by atoms with van der Waals surface area (Å²) in [6.45, 7) is 0. The lowest BCUT2D eigenvalue weighted by Gasteiger charge is -2.02. The van der Waals surface area contributed by atoms with Gasteiger partial charge in [-0.15, -0.1) is 0 Å². The van der Waals surface area contributed by atoms with Gasteiger partial charge in [0.1, 0.15) is 5.82 Å². The quantitative estimate of drug-likeness (QED) is 0.731. The van der Waals surface area contributed by atoms with Crippen LogP contribution in [0.3, 0.4) is 0 Å². The Labute approximate surface area is 97.1 Å². The molecule has 0 spiro atoms. The first kappa shape index (κ1) is 9.47. The minimum Gasteiger partial charge on any atom is -0.341 e. The summed E-state index contributed by atoms with van der Waals surface area (Å²) in [5.74, 6) is 0.634. The van der Waals surface area contributed by atoms with Gasteiger partial charge >= 0.3 is 0 Å². The predicted octanol–water partition coefficient (Wildman–Crippen LogP) is 1.49. The number of hydrogen-bond donors (Lipinski definition) is 2. The fourth-order valence-electron chi connectivity index (χ4n) is 1.91. The molecule has 80 valence electrons. The second-order valence-electron chi connectivity index (χ2n) is 3.81. The zero-order chi connectivity index (χ0) is 11.1. The Balaban J connectivity index is 2.06. The largest absolute Gasteiger partial charge is 0.341 e. The van der Waals surface area contributed by atoms with E-state index in [1.807, 2.05) is 24.3 Å². The number of aromatic amines is 1. The van der Waals surface area contributed by atoms with Gasteiger partial charge in [-0.2, -0.15) is 0 Å². The molecule has 2 aromatic rings. The van der Waals surface area contributed by atoms with E-state index in [-0.39, 0.29) is 11.8 Å². The van der Waals surface area contributed by atoms with Crippen LogP contribution in [-0.4, -0.2) is 20.9 Å². The van der Waals surface area contributed by atoms with Crippen LogP contribution >= 0.6 is 12.2 Å². The molecule has 1 aliphatic heterocycles. The summed E-state index contributed by atoms with van der Waals surface area (Å²) in [6, 6.07) is 7.77. The number of nitrogens with zero attached hydrogens (tertiary/aromatic N) is 1. The van der Waals surface area contributed by atoms with Crippen molar-refractivity contribution in [1.82, 2.24) is 15.3 Å². The first-order valence-electron chi connectivity index (χ1n) is 5.02. The summed E-state index contributed by atoms with van der Waals surface area (Å²) >= 11 is 5.11. The normalized spacial score (nSPS) is 20.4. The Morgan fingerprint density at radius 1 is 1.38 bits per heavy atom. The lowest BCUT2D eigenvalue weighted by molar-refractivity contribution is -0.118. The molecular weight excluding hydrogens is 222 g/mol. The summed E-state index contributed by atoms with van der Waals surface area (Å²) in [7, 11) is 0. The highest BCUT2D eigenvalue weighted by Gasteiger charge is 2.30. The van der Waals surface area contributed by atoms with Crippen LogP contribution in [-0.2, 0) is 4.79 Å². The number of carbonyl (C=O) groups is 1. The number of fused-ring (bicyclic) bond motifs is 1. The zero-order valence-corrected chi connectivity index (χ0v) is 9.17. The third-order valence-corrected chi connectivity index (χ3v) is 3.09. The summed E-state index contributed by atoms with van der Waals surface area (Å²) in [5, 5.41) is 2.64. The molecule has 1 fully saturated rings. The van der Waals surface area contributed by atoms with Crippen LogP contribution in [0.4, 0.5) is 0 Å². The molecular formula is C11H9N3OS. The number of aromatic nitrogens is 2. The number of thiocarbonyl (C=S) groups is 1.